The SMILES string of the molecule is CN(C)c1cnc2c(C(=O)Nc3cn([C@H]4CC[C@H](CN5CCN(c6cccc7c6n(C)c(=O)n7C6CCC(=O)NC6=O)CC5)CC4)nc3F)cnn2c1. The lowest BCUT2D eigenvalue weighted by atomic mass is 9.85. The number of benzene rings is 1. The van der Waals surface area contributed by atoms with Crippen LogP contribution in [0.15, 0.2) is 47.8 Å². The van der Waals surface area contributed by atoms with Crippen LogP contribution in [0.2, 0.25) is 0 Å². The second kappa shape index (κ2) is 13.8. The van der Waals surface area contributed by atoms with Crippen molar-refractivity contribution < 1.29 is 18.8 Å². The number of imide groups is 1. The van der Waals surface area contributed by atoms with Gasteiger partial charge in [0.25, 0.3) is 11.9 Å². The lowest BCUT2D eigenvalue weighted by molar-refractivity contribution is -0.135. The number of piperazine rings is 1. The number of amides is 3. The first-order valence-electron chi connectivity index (χ1n) is 18.1. The fourth-order valence-electron chi connectivity index (χ4n) is 8.12. The average molecular weight is 727 g/mol. The van der Waals surface area contributed by atoms with Crippen LogP contribution in [0.25, 0.3) is 16.7 Å². The zero-order valence-electron chi connectivity index (χ0n) is 30.0. The largest absolute Gasteiger partial charge is 0.375 e. The van der Waals surface area contributed by atoms with Crippen molar-refractivity contribution >= 4 is 51.5 Å². The molecule has 8 rings (SSSR count). The first-order chi connectivity index (χ1) is 25.5. The van der Waals surface area contributed by atoms with E-state index in [1.165, 1.54) is 15.3 Å². The smallest absolute Gasteiger partial charge is 0.329 e. The highest BCUT2D eigenvalue weighted by atomic mass is 19.1. The molecule has 5 aromatic rings. The van der Waals surface area contributed by atoms with Crippen molar-refractivity contribution in [1.82, 2.24) is 43.7 Å². The Kier molecular flexibility index (Phi) is 8.96. The van der Waals surface area contributed by atoms with Crippen LogP contribution >= 0.6 is 0 Å². The summed E-state index contributed by atoms with van der Waals surface area (Å²) in [5.41, 5.74) is 3.67. The maximum atomic E-state index is 15.0. The Morgan fingerprint density at radius 3 is 2.53 bits per heavy atom. The van der Waals surface area contributed by atoms with E-state index in [0.29, 0.717) is 23.5 Å². The molecule has 3 aliphatic rings. The molecule has 0 radical (unpaired) electrons. The van der Waals surface area contributed by atoms with Gasteiger partial charge in [-0.3, -0.25) is 38.4 Å². The van der Waals surface area contributed by atoms with E-state index in [4.69, 9.17) is 0 Å². The molecule has 53 heavy (non-hydrogen) atoms. The van der Waals surface area contributed by atoms with Gasteiger partial charge in [0.05, 0.1) is 53.2 Å². The number of nitrogens with one attached hydrogen (secondary N) is 2. The Labute approximate surface area is 304 Å². The van der Waals surface area contributed by atoms with Gasteiger partial charge in [0, 0.05) is 60.3 Å². The van der Waals surface area contributed by atoms with Crippen LogP contribution in [0.5, 0.6) is 0 Å². The molecule has 278 valence electrons. The van der Waals surface area contributed by atoms with Crippen LogP contribution < -0.4 is 26.1 Å². The average Bonchev–Trinajstić information content (AvgIpc) is 3.82. The minimum absolute atomic E-state index is 0.0301. The van der Waals surface area contributed by atoms with Crippen molar-refractivity contribution in [3.8, 4) is 0 Å². The highest BCUT2D eigenvalue weighted by molar-refractivity contribution is 6.08. The fourth-order valence-corrected chi connectivity index (χ4v) is 8.12. The number of para-hydroxylation sites is 1. The summed E-state index contributed by atoms with van der Waals surface area (Å²) in [5, 5.41) is 13.4. The first kappa shape index (κ1) is 34.5. The number of anilines is 3. The number of hydrogen-bond donors (Lipinski definition) is 2. The van der Waals surface area contributed by atoms with Crippen LogP contribution in [0.1, 0.15) is 61.0 Å². The quantitative estimate of drug-likeness (QED) is 0.228. The summed E-state index contributed by atoms with van der Waals surface area (Å²) in [6, 6.07) is 5.15. The second-order valence-electron chi connectivity index (χ2n) is 14.6. The van der Waals surface area contributed by atoms with Crippen molar-refractivity contribution in [2.45, 2.75) is 50.6 Å². The van der Waals surface area contributed by atoms with Gasteiger partial charge in [0.2, 0.25) is 11.8 Å². The van der Waals surface area contributed by atoms with Crippen molar-refractivity contribution in [1.29, 1.82) is 0 Å². The van der Waals surface area contributed by atoms with E-state index in [-0.39, 0.29) is 35.3 Å². The summed E-state index contributed by atoms with van der Waals surface area (Å²) in [4.78, 5) is 61.9. The van der Waals surface area contributed by atoms with Gasteiger partial charge < -0.3 is 15.1 Å². The van der Waals surface area contributed by atoms with E-state index >= 15 is 0 Å². The molecular formula is C36H43FN12O4. The molecule has 3 fully saturated rings. The highest BCUT2D eigenvalue weighted by Gasteiger charge is 2.33. The Hall–Kier alpha value is -5.58. The molecule has 1 aliphatic carbocycles. The number of halogens is 1. The van der Waals surface area contributed by atoms with Gasteiger partial charge >= 0.3 is 5.69 Å². The lowest BCUT2D eigenvalue weighted by Crippen LogP contribution is -2.48. The topological polar surface area (TPSA) is 160 Å². The van der Waals surface area contributed by atoms with Crippen LogP contribution in [-0.4, -0.2) is 103 Å². The summed E-state index contributed by atoms with van der Waals surface area (Å²) < 4.78 is 21.3. The number of imidazole rings is 1. The summed E-state index contributed by atoms with van der Waals surface area (Å²) >= 11 is 0. The van der Waals surface area contributed by atoms with Crippen molar-refractivity contribution in [2.75, 3.05) is 61.9 Å². The number of rotatable bonds is 8. The van der Waals surface area contributed by atoms with E-state index < -0.39 is 23.8 Å². The Bertz CT molecular complexity index is 2270. The molecule has 1 saturated carbocycles. The Morgan fingerprint density at radius 1 is 1.02 bits per heavy atom. The van der Waals surface area contributed by atoms with Gasteiger partial charge in [-0.25, -0.2) is 14.3 Å². The van der Waals surface area contributed by atoms with E-state index in [9.17, 15) is 23.6 Å². The third-order valence-corrected chi connectivity index (χ3v) is 11.1. The predicted molar refractivity (Wildman–Crippen MR) is 196 cm³/mol. The van der Waals surface area contributed by atoms with Crippen LogP contribution in [0.4, 0.5) is 21.5 Å². The van der Waals surface area contributed by atoms with E-state index in [0.717, 1.165) is 75.3 Å². The molecule has 0 spiro atoms. The zero-order chi connectivity index (χ0) is 37.0. The van der Waals surface area contributed by atoms with Gasteiger partial charge in [-0.15, -0.1) is 5.10 Å². The number of aryl methyl sites for hydroxylation is 1. The molecule has 6 heterocycles. The molecule has 4 aromatic heterocycles. The van der Waals surface area contributed by atoms with Gasteiger partial charge in [-0.05, 0) is 50.2 Å². The fraction of sp³-hybridized carbons (Fsp3) is 0.472. The number of hydrogen-bond acceptors (Lipinski definition) is 10. The molecule has 2 aliphatic heterocycles. The predicted octanol–water partition coefficient (Wildman–Crippen LogP) is 2.57. The minimum Gasteiger partial charge on any atom is -0.375 e. The third-order valence-electron chi connectivity index (χ3n) is 11.1. The monoisotopic (exact) mass is 726 g/mol. The van der Waals surface area contributed by atoms with Crippen LogP contribution in [0, 0.1) is 11.9 Å². The van der Waals surface area contributed by atoms with Gasteiger partial charge in [-0.1, -0.05) is 6.07 Å². The molecule has 3 amide bonds. The maximum absolute atomic E-state index is 15.0. The number of carbonyl (C=O) groups excluding carboxylic acids is 3. The van der Waals surface area contributed by atoms with Crippen LogP contribution in [0.3, 0.4) is 0 Å². The van der Waals surface area contributed by atoms with Crippen molar-refractivity contribution in [2.24, 2.45) is 13.0 Å². The van der Waals surface area contributed by atoms with Crippen LogP contribution in [-0.2, 0) is 16.6 Å². The second-order valence-corrected chi connectivity index (χ2v) is 14.6. The van der Waals surface area contributed by atoms with Gasteiger partial charge in [-0.2, -0.15) is 9.49 Å². The summed E-state index contributed by atoms with van der Waals surface area (Å²) in [5.74, 6) is -1.46. The molecular weight excluding hydrogens is 683 g/mol. The molecule has 1 aromatic carbocycles. The zero-order valence-corrected chi connectivity index (χ0v) is 30.0. The molecule has 0 bridgehead atoms. The van der Waals surface area contributed by atoms with Gasteiger partial charge in [0.15, 0.2) is 5.65 Å². The van der Waals surface area contributed by atoms with Gasteiger partial charge in [0.1, 0.15) is 17.3 Å². The number of fused-ring (bicyclic) bond motifs is 2. The molecule has 1 atom stereocenters. The summed E-state index contributed by atoms with van der Waals surface area (Å²) in [6.07, 6.45) is 10.6. The van der Waals surface area contributed by atoms with E-state index in [1.54, 1.807) is 34.9 Å². The molecule has 1 unspecified atom stereocenters. The standard InChI is InChI=1S/C36H43FN12O4/c1-43(2)24-17-38-33-25(18-39-48(33)20-24)34(51)40-26-21-47(42-32(26)37)23-9-7-22(8-10-23)19-45-13-15-46(16-14-45)27-5-4-6-28-31(27)44(3)36(53)49(28)29-11-12-30(50)41-35(29)52/h4-6,17-18,20-23,29H,7-16,19H2,1-3H3,(H,40,51)(H,41,50,52)/t22-,23-,29?. The number of piperidine rings is 1. The normalized spacial score (nSPS) is 21.4. The maximum Gasteiger partial charge on any atom is 0.329 e. The minimum atomic E-state index is -0.721. The van der Waals surface area contributed by atoms with Crippen molar-refractivity contribution in [3.63, 3.8) is 0 Å². The summed E-state index contributed by atoms with van der Waals surface area (Å²) in [7, 11) is 5.51. The first-order valence-corrected chi connectivity index (χ1v) is 18.1. The van der Waals surface area contributed by atoms with Crippen molar-refractivity contribution in [3.05, 3.63) is 65.0 Å². The molecule has 2 saturated heterocycles. The number of aromatic nitrogens is 7. The molecule has 2 N–H and O–H groups in total. The lowest BCUT2D eigenvalue weighted by Gasteiger charge is -2.39. The van der Waals surface area contributed by atoms with E-state index in [1.807, 2.05) is 37.2 Å². The molecule has 17 heteroatoms. The Balaban J connectivity index is 0.856. The van der Waals surface area contributed by atoms with E-state index in [2.05, 4.69) is 35.6 Å². The summed E-state index contributed by atoms with van der Waals surface area (Å²) in [6.45, 7) is 4.34. The highest BCUT2D eigenvalue weighted by Crippen LogP contribution is 2.35. The third kappa shape index (κ3) is 6.42. The Morgan fingerprint density at radius 2 is 1.79 bits per heavy atom. The molecule has 16 nitrogen and oxygen atoms in total. The number of nitrogens with zero attached hydrogens (tertiary/aromatic N) is 10. The number of carbonyl (C=O) groups is 3.